The third-order valence-electron chi connectivity index (χ3n) is 3.16. The van der Waals surface area contributed by atoms with E-state index in [-0.39, 0.29) is 24.6 Å². The summed E-state index contributed by atoms with van der Waals surface area (Å²) in [7, 11) is 0. The Balaban J connectivity index is 1.97. The third kappa shape index (κ3) is 4.32. The molecule has 0 atom stereocenters. The van der Waals surface area contributed by atoms with E-state index >= 15 is 0 Å². The van der Waals surface area contributed by atoms with Crippen LogP contribution in [0.5, 0.6) is 0 Å². The van der Waals surface area contributed by atoms with Gasteiger partial charge in [-0.25, -0.2) is 4.39 Å². The van der Waals surface area contributed by atoms with Gasteiger partial charge >= 0.3 is 0 Å². The summed E-state index contributed by atoms with van der Waals surface area (Å²) in [4.78, 5) is 13.2. The molecule has 0 spiro atoms. The van der Waals surface area contributed by atoms with Gasteiger partial charge in [0, 0.05) is 22.6 Å². The van der Waals surface area contributed by atoms with Gasteiger partial charge in [0.15, 0.2) is 0 Å². The molecule has 2 N–H and O–H groups in total. The second-order valence-corrected chi connectivity index (χ2v) is 6.06. The molecular formula is C17H18FNO2S. The van der Waals surface area contributed by atoms with Gasteiger partial charge < -0.3 is 10.4 Å². The molecule has 0 bridgehead atoms. The summed E-state index contributed by atoms with van der Waals surface area (Å²) >= 11 is 1.72. The van der Waals surface area contributed by atoms with Crippen LogP contribution in [0.1, 0.15) is 28.4 Å². The number of amides is 1. The van der Waals surface area contributed by atoms with E-state index in [1.807, 2.05) is 12.1 Å². The first-order valence-electron chi connectivity index (χ1n) is 7.03. The van der Waals surface area contributed by atoms with Crippen molar-refractivity contribution in [3.8, 4) is 0 Å². The highest BCUT2D eigenvalue weighted by Gasteiger charge is 2.07. The molecule has 0 aliphatic carbocycles. The molecule has 0 aliphatic rings. The molecular weight excluding hydrogens is 301 g/mol. The minimum atomic E-state index is -0.443. The molecule has 3 nitrogen and oxygen atoms in total. The van der Waals surface area contributed by atoms with Gasteiger partial charge in [0.2, 0.25) is 0 Å². The fraction of sp³-hybridized carbons (Fsp3) is 0.235. The molecule has 0 radical (unpaired) electrons. The molecule has 0 aliphatic heterocycles. The Morgan fingerprint density at radius 3 is 2.59 bits per heavy atom. The van der Waals surface area contributed by atoms with E-state index in [4.69, 9.17) is 5.11 Å². The van der Waals surface area contributed by atoms with Gasteiger partial charge in [0.05, 0.1) is 6.61 Å². The number of aliphatic hydroxyl groups excluding tert-OH is 1. The zero-order valence-electron chi connectivity index (χ0n) is 12.3. The van der Waals surface area contributed by atoms with Crippen LogP contribution in [0.25, 0.3) is 0 Å². The molecule has 0 fully saturated rings. The normalized spacial score (nSPS) is 10.5. The SMILES string of the molecule is CCSc1ccc(C(=O)NCc2ccc(F)c(CO)c2)cc1. The van der Waals surface area contributed by atoms with E-state index in [1.165, 1.54) is 6.07 Å². The lowest BCUT2D eigenvalue weighted by Gasteiger charge is -2.08. The third-order valence-corrected chi connectivity index (χ3v) is 4.06. The largest absolute Gasteiger partial charge is 0.392 e. The topological polar surface area (TPSA) is 49.3 Å². The summed E-state index contributed by atoms with van der Waals surface area (Å²) in [5.74, 6) is 0.369. The lowest BCUT2D eigenvalue weighted by molar-refractivity contribution is 0.0951. The van der Waals surface area contributed by atoms with Gasteiger partial charge in [-0.15, -0.1) is 11.8 Å². The highest BCUT2D eigenvalue weighted by atomic mass is 32.2. The van der Waals surface area contributed by atoms with Crippen molar-refractivity contribution in [2.75, 3.05) is 5.75 Å². The summed E-state index contributed by atoms with van der Waals surface area (Å²) in [5.41, 5.74) is 1.56. The van der Waals surface area contributed by atoms with Crippen LogP contribution >= 0.6 is 11.8 Å². The van der Waals surface area contributed by atoms with Gasteiger partial charge in [0.1, 0.15) is 5.82 Å². The lowest BCUT2D eigenvalue weighted by Crippen LogP contribution is -2.22. The highest BCUT2D eigenvalue weighted by molar-refractivity contribution is 7.99. The minimum Gasteiger partial charge on any atom is -0.392 e. The maximum atomic E-state index is 13.3. The summed E-state index contributed by atoms with van der Waals surface area (Å²) in [5, 5.41) is 11.8. The molecule has 0 unspecified atom stereocenters. The second kappa shape index (κ2) is 7.96. The number of aliphatic hydroxyl groups is 1. The maximum Gasteiger partial charge on any atom is 0.251 e. The number of hydrogen-bond acceptors (Lipinski definition) is 3. The standard InChI is InChI=1S/C17H18FNO2S/c1-2-22-15-6-4-13(5-7-15)17(21)19-10-12-3-8-16(18)14(9-12)11-20/h3-9,20H,2,10-11H2,1H3,(H,19,21). The molecule has 0 heterocycles. The van der Waals surface area contributed by atoms with Crippen molar-refractivity contribution < 1.29 is 14.3 Å². The van der Waals surface area contributed by atoms with Crippen LogP contribution in [-0.4, -0.2) is 16.8 Å². The fourth-order valence-electron chi connectivity index (χ4n) is 2.01. The van der Waals surface area contributed by atoms with Crippen molar-refractivity contribution in [1.82, 2.24) is 5.32 Å². The van der Waals surface area contributed by atoms with E-state index in [0.717, 1.165) is 16.2 Å². The average molecular weight is 319 g/mol. The van der Waals surface area contributed by atoms with E-state index in [9.17, 15) is 9.18 Å². The molecule has 116 valence electrons. The van der Waals surface area contributed by atoms with Crippen molar-refractivity contribution in [2.24, 2.45) is 0 Å². The van der Waals surface area contributed by atoms with Crippen LogP contribution in [0.3, 0.4) is 0 Å². The van der Waals surface area contributed by atoms with Gasteiger partial charge in [-0.05, 0) is 47.7 Å². The van der Waals surface area contributed by atoms with Gasteiger partial charge in [-0.3, -0.25) is 4.79 Å². The lowest BCUT2D eigenvalue weighted by atomic mass is 10.1. The van der Waals surface area contributed by atoms with E-state index < -0.39 is 5.82 Å². The predicted molar refractivity (Wildman–Crippen MR) is 86.3 cm³/mol. The molecule has 0 aromatic heterocycles. The second-order valence-electron chi connectivity index (χ2n) is 4.72. The number of thioether (sulfide) groups is 1. The first kappa shape index (κ1) is 16.5. The molecule has 2 aromatic carbocycles. The van der Waals surface area contributed by atoms with E-state index in [1.54, 1.807) is 36.0 Å². The smallest absolute Gasteiger partial charge is 0.251 e. The van der Waals surface area contributed by atoms with E-state index in [0.29, 0.717) is 5.56 Å². The number of halogens is 1. The summed E-state index contributed by atoms with van der Waals surface area (Å²) < 4.78 is 13.3. The van der Waals surface area contributed by atoms with E-state index in [2.05, 4.69) is 12.2 Å². The van der Waals surface area contributed by atoms with Crippen molar-refractivity contribution >= 4 is 17.7 Å². The van der Waals surface area contributed by atoms with Crippen LogP contribution in [-0.2, 0) is 13.2 Å². The monoisotopic (exact) mass is 319 g/mol. The Morgan fingerprint density at radius 1 is 1.23 bits per heavy atom. The van der Waals surface area contributed by atoms with Crippen molar-refractivity contribution in [1.29, 1.82) is 0 Å². The predicted octanol–water partition coefficient (Wildman–Crippen LogP) is 3.36. The molecule has 22 heavy (non-hydrogen) atoms. The van der Waals surface area contributed by atoms with Gasteiger partial charge in [-0.2, -0.15) is 0 Å². The summed E-state index contributed by atoms with van der Waals surface area (Å²) in [6, 6.07) is 11.9. The van der Waals surface area contributed by atoms with Crippen molar-refractivity contribution in [2.45, 2.75) is 25.0 Å². The molecule has 2 rings (SSSR count). The van der Waals surface area contributed by atoms with Crippen LogP contribution in [0.15, 0.2) is 47.4 Å². The zero-order chi connectivity index (χ0) is 15.9. The Morgan fingerprint density at radius 2 is 1.95 bits per heavy atom. The Labute approximate surface area is 133 Å². The number of rotatable bonds is 6. The minimum absolute atomic E-state index is 0.178. The molecule has 2 aromatic rings. The maximum absolute atomic E-state index is 13.3. The average Bonchev–Trinajstić information content (AvgIpc) is 2.55. The number of carbonyl (C=O) groups excluding carboxylic acids is 1. The Kier molecular flexibility index (Phi) is 5.98. The molecule has 1 amide bonds. The first-order valence-corrected chi connectivity index (χ1v) is 8.01. The fourth-order valence-corrected chi connectivity index (χ4v) is 2.67. The van der Waals surface area contributed by atoms with Crippen LogP contribution in [0.2, 0.25) is 0 Å². The number of nitrogens with one attached hydrogen (secondary N) is 1. The number of hydrogen-bond donors (Lipinski definition) is 2. The summed E-state index contributed by atoms with van der Waals surface area (Å²) in [6.45, 7) is 2.01. The molecule has 5 heteroatoms. The van der Waals surface area contributed by atoms with Crippen molar-refractivity contribution in [3.05, 3.63) is 65.0 Å². The van der Waals surface area contributed by atoms with Gasteiger partial charge in [-0.1, -0.05) is 13.0 Å². The number of carbonyl (C=O) groups is 1. The van der Waals surface area contributed by atoms with Gasteiger partial charge in [0.25, 0.3) is 5.91 Å². The zero-order valence-corrected chi connectivity index (χ0v) is 13.1. The van der Waals surface area contributed by atoms with Crippen LogP contribution in [0.4, 0.5) is 4.39 Å². The Hall–Kier alpha value is -1.85. The van der Waals surface area contributed by atoms with Crippen LogP contribution in [0, 0.1) is 5.82 Å². The van der Waals surface area contributed by atoms with Crippen LogP contribution < -0.4 is 5.32 Å². The highest BCUT2D eigenvalue weighted by Crippen LogP contribution is 2.17. The van der Waals surface area contributed by atoms with Crippen molar-refractivity contribution in [3.63, 3.8) is 0 Å². The Bertz CT molecular complexity index is 644. The number of benzene rings is 2. The quantitative estimate of drug-likeness (QED) is 0.803. The molecule has 0 saturated heterocycles. The molecule has 0 saturated carbocycles. The summed E-state index contributed by atoms with van der Waals surface area (Å²) in [6.07, 6.45) is 0. The first-order chi connectivity index (χ1) is 10.6.